The van der Waals surface area contributed by atoms with E-state index >= 15 is 0 Å². The summed E-state index contributed by atoms with van der Waals surface area (Å²) in [6.45, 7) is 1.63. The Morgan fingerprint density at radius 3 is 2.77 bits per heavy atom. The molecule has 26 heavy (non-hydrogen) atoms. The molecule has 3 aliphatic rings. The van der Waals surface area contributed by atoms with Gasteiger partial charge in [-0.05, 0) is 43.2 Å². The van der Waals surface area contributed by atoms with Gasteiger partial charge in [0, 0.05) is 24.9 Å². The van der Waals surface area contributed by atoms with Crippen LogP contribution in [-0.2, 0) is 4.79 Å². The minimum Gasteiger partial charge on any atom is -0.484 e. The van der Waals surface area contributed by atoms with Crippen LogP contribution in [0.3, 0.4) is 0 Å². The van der Waals surface area contributed by atoms with Crippen LogP contribution in [0.15, 0.2) is 30.3 Å². The summed E-state index contributed by atoms with van der Waals surface area (Å²) < 4.78 is 5.66. The van der Waals surface area contributed by atoms with E-state index < -0.39 is 0 Å². The molecule has 2 aliphatic carbocycles. The number of para-hydroxylation sites is 1. The summed E-state index contributed by atoms with van der Waals surface area (Å²) in [6, 6.07) is 9.52. The zero-order chi connectivity index (χ0) is 17.6. The molecule has 1 amide bonds. The van der Waals surface area contributed by atoms with Crippen molar-refractivity contribution in [3.63, 3.8) is 0 Å². The molecule has 6 nitrogen and oxygen atoms in total. The van der Waals surface area contributed by atoms with Crippen LogP contribution in [0.1, 0.15) is 55.6 Å². The van der Waals surface area contributed by atoms with Gasteiger partial charge in [-0.3, -0.25) is 9.89 Å². The average Bonchev–Trinajstić information content (AvgIpc) is 3.22. The monoisotopic (exact) mass is 352 g/mol. The molecule has 1 saturated heterocycles. The van der Waals surface area contributed by atoms with Gasteiger partial charge in [-0.25, -0.2) is 4.98 Å². The molecule has 6 heteroatoms. The van der Waals surface area contributed by atoms with E-state index in [1.165, 1.54) is 32.1 Å². The number of benzene rings is 1. The van der Waals surface area contributed by atoms with Gasteiger partial charge in [0.25, 0.3) is 5.91 Å². The number of likely N-dealkylation sites (tertiary alicyclic amines) is 1. The minimum absolute atomic E-state index is 0.0598. The molecule has 1 aromatic carbocycles. The first-order valence-electron chi connectivity index (χ1n) is 9.61. The molecular weight excluding hydrogens is 328 g/mol. The summed E-state index contributed by atoms with van der Waals surface area (Å²) >= 11 is 0. The zero-order valence-corrected chi connectivity index (χ0v) is 14.9. The molecule has 1 aliphatic heterocycles. The number of hydrogen-bond acceptors (Lipinski definition) is 4. The van der Waals surface area contributed by atoms with Gasteiger partial charge < -0.3 is 9.64 Å². The first kappa shape index (κ1) is 15.9. The molecule has 0 bridgehead atoms. The Labute approximate surface area is 153 Å². The van der Waals surface area contributed by atoms with Crippen LogP contribution in [0, 0.1) is 5.41 Å². The lowest BCUT2D eigenvalue weighted by Gasteiger charge is -2.41. The van der Waals surface area contributed by atoms with Crippen LogP contribution >= 0.6 is 0 Å². The lowest BCUT2D eigenvalue weighted by Crippen LogP contribution is -2.39. The highest BCUT2D eigenvalue weighted by Gasteiger charge is 2.53. The SMILES string of the molecule is O=C(COc1ccccc1)N1CC(c2nc(C3CC3)n[nH]2)C2(CCC2)C1. The van der Waals surface area contributed by atoms with Gasteiger partial charge in [0.05, 0.1) is 0 Å². The number of aromatic amines is 1. The summed E-state index contributed by atoms with van der Waals surface area (Å²) in [5.41, 5.74) is 0.183. The maximum Gasteiger partial charge on any atom is 0.260 e. The van der Waals surface area contributed by atoms with Crippen molar-refractivity contribution in [1.29, 1.82) is 0 Å². The zero-order valence-electron chi connectivity index (χ0n) is 14.9. The standard InChI is InChI=1S/C20H24N4O2/c25-17(12-26-15-5-2-1-3-6-15)24-11-16(20(13-24)9-4-10-20)19-21-18(22-23-19)14-7-8-14/h1-3,5-6,14,16H,4,7-13H2,(H,21,22,23). The Hall–Kier alpha value is -2.37. The quantitative estimate of drug-likeness (QED) is 0.898. The first-order valence-corrected chi connectivity index (χ1v) is 9.61. The fourth-order valence-electron chi connectivity index (χ4n) is 4.39. The normalized spacial score (nSPS) is 23.8. The molecule has 2 saturated carbocycles. The number of hydrogen-bond donors (Lipinski definition) is 1. The van der Waals surface area contributed by atoms with Crippen LogP contribution in [0.2, 0.25) is 0 Å². The van der Waals surface area contributed by atoms with E-state index in [1.807, 2.05) is 35.2 Å². The molecule has 5 rings (SSSR count). The molecule has 1 aromatic heterocycles. The van der Waals surface area contributed by atoms with Crippen molar-refractivity contribution >= 4 is 5.91 Å². The molecule has 1 N–H and O–H groups in total. The maximum atomic E-state index is 12.7. The number of H-pyrrole nitrogens is 1. The van der Waals surface area contributed by atoms with Crippen molar-refractivity contribution < 1.29 is 9.53 Å². The molecule has 0 radical (unpaired) electrons. The lowest BCUT2D eigenvalue weighted by molar-refractivity contribution is -0.133. The Morgan fingerprint density at radius 1 is 1.27 bits per heavy atom. The number of nitrogens with one attached hydrogen (secondary N) is 1. The Balaban J connectivity index is 1.28. The maximum absolute atomic E-state index is 12.7. The van der Waals surface area contributed by atoms with E-state index in [0.717, 1.165) is 30.5 Å². The number of ether oxygens (including phenoxy) is 1. The number of carbonyl (C=O) groups excluding carboxylic acids is 1. The highest BCUT2D eigenvalue weighted by molar-refractivity contribution is 5.78. The third kappa shape index (κ3) is 2.77. The molecular formula is C20H24N4O2. The molecule has 2 heterocycles. The predicted octanol–water partition coefficient (Wildman–Crippen LogP) is 2.86. The third-order valence-corrected chi connectivity index (χ3v) is 6.25. The molecule has 2 aromatic rings. The van der Waals surface area contributed by atoms with Gasteiger partial charge in [-0.1, -0.05) is 24.6 Å². The Morgan fingerprint density at radius 2 is 2.08 bits per heavy atom. The van der Waals surface area contributed by atoms with Gasteiger partial charge >= 0.3 is 0 Å². The van der Waals surface area contributed by atoms with Gasteiger partial charge in [0.1, 0.15) is 11.6 Å². The van der Waals surface area contributed by atoms with Crippen LogP contribution in [0.5, 0.6) is 5.75 Å². The number of rotatable bonds is 5. The summed E-state index contributed by atoms with van der Waals surface area (Å²) in [4.78, 5) is 19.4. The Kier molecular flexibility index (Phi) is 3.72. The van der Waals surface area contributed by atoms with Gasteiger partial charge in [0.2, 0.25) is 0 Å². The summed E-state index contributed by atoms with van der Waals surface area (Å²) in [7, 11) is 0. The van der Waals surface area contributed by atoms with E-state index in [4.69, 9.17) is 9.72 Å². The van der Waals surface area contributed by atoms with Crippen molar-refractivity contribution in [2.45, 2.75) is 43.9 Å². The molecule has 1 atom stereocenters. The summed E-state index contributed by atoms with van der Waals surface area (Å²) in [5.74, 6) is 3.56. The van der Waals surface area contributed by atoms with E-state index in [0.29, 0.717) is 5.92 Å². The van der Waals surface area contributed by atoms with Crippen molar-refractivity contribution in [2.24, 2.45) is 5.41 Å². The number of carbonyl (C=O) groups is 1. The fourth-order valence-corrected chi connectivity index (χ4v) is 4.39. The molecule has 1 unspecified atom stereocenters. The lowest BCUT2D eigenvalue weighted by atomic mass is 9.62. The van der Waals surface area contributed by atoms with Crippen LogP contribution in [-0.4, -0.2) is 45.7 Å². The first-order chi connectivity index (χ1) is 12.7. The van der Waals surface area contributed by atoms with E-state index in [1.54, 1.807) is 0 Å². The average molecular weight is 352 g/mol. The number of nitrogens with zero attached hydrogens (tertiary/aromatic N) is 3. The summed E-state index contributed by atoms with van der Waals surface area (Å²) in [5, 5.41) is 7.61. The highest BCUT2D eigenvalue weighted by atomic mass is 16.5. The second-order valence-corrected chi connectivity index (χ2v) is 8.00. The smallest absolute Gasteiger partial charge is 0.260 e. The van der Waals surface area contributed by atoms with Gasteiger partial charge in [-0.2, -0.15) is 5.10 Å². The van der Waals surface area contributed by atoms with E-state index in [2.05, 4.69) is 10.2 Å². The highest BCUT2D eigenvalue weighted by Crippen LogP contribution is 2.55. The van der Waals surface area contributed by atoms with E-state index in [9.17, 15) is 4.79 Å². The van der Waals surface area contributed by atoms with Gasteiger partial charge in [-0.15, -0.1) is 0 Å². The van der Waals surface area contributed by atoms with Crippen molar-refractivity contribution in [2.75, 3.05) is 19.7 Å². The fraction of sp³-hybridized carbons (Fsp3) is 0.550. The number of amides is 1. The second-order valence-electron chi connectivity index (χ2n) is 8.00. The van der Waals surface area contributed by atoms with Crippen molar-refractivity contribution in [1.82, 2.24) is 20.1 Å². The Bertz CT molecular complexity index is 795. The van der Waals surface area contributed by atoms with E-state index in [-0.39, 0.29) is 23.8 Å². The summed E-state index contributed by atoms with van der Waals surface area (Å²) in [6.07, 6.45) is 5.98. The second kappa shape index (κ2) is 6.11. The van der Waals surface area contributed by atoms with Gasteiger partial charge in [0.15, 0.2) is 12.4 Å². The third-order valence-electron chi connectivity index (χ3n) is 6.25. The topological polar surface area (TPSA) is 71.1 Å². The minimum atomic E-state index is 0.0598. The van der Waals surface area contributed by atoms with Crippen LogP contribution in [0.4, 0.5) is 0 Å². The molecule has 136 valence electrons. The van der Waals surface area contributed by atoms with Crippen molar-refractivity contribution in [3.8, 4) is 5.75 Å². The largest absolute Gasteiger partial charge is 0.484 e. The van der Waals surface area contributed by atoms with Crippen LogP contribution < -0.4 is 4.74 Å². The molecule has 1 spiro atoms. The predicted molar refractivity (Wildman–Crippen MR) is 95.9 cm³/mol. The molecule has 3 fully saturated rings. The van der Waals surface area contributed by atoms with Crippen LogP contribution in [0.25, 0.3) is 0 Å². The number of aromatic nitrogens is 3. The van der Waals surface area contributed by atoms with Crippen molar-refractivity contribution in [3.05, 3.63) is 42.0 Å².